The molecule has 0 unspecified atom stereocenters. The molecule has 0 atom stereocenters. The second-order valence-corrected chi connectivity index (χ2v) is 5.64. The highest BCUT2D eigenvalue weighted by Gasteiger charge is 2.06. The highest BCUT2D eigenvalue weighted by Crippen LogP contribution is 2.29. The molecule has 1 aromatic carbocycles. The highest BCUT2D eigenvalue weighted by atomic mass is 32.1. The molecule has 0 bridgehead atoms. The molecule has 22 heavy (non-hydrogen) atoms. The molecule has 116 valence electrons. The van der Waals surface area contributed by atoms with Gasteiger partial charge in [0, 0.05) is 18.3 Å². The Morgan fingerprint density at radius 1 is 1.36 bits per heavy atom. The molecule has 2 aromatic rings. The minimum absolute atomic E-state index is 0.248. The van der Waals surface area contributed by atoms with Gasteiger partial charge in [-0.1, -0.05) is 24.3 Å². The van der Waals surface area contributed by atoms with E-state index in [1.54, 1.807) is 30.6 Å². The minimum Gasteiger partial charge on any atom is -0.508 e. The van der Waals surface area contributed by atoms with Crippen molar-refractivity contribution < 1.29 is 9.84 Å². The third-order valence-electron chi connectivity index (χ3n) is 3.15. The Balaban J connectivity index is 2.16. The topological polar surface area (TPSA) is 54.4 Å². The molecule has 0 aliphatic rings. The Morgan fingerprint density at radius 3 is 2.68 bits per heavy atom. The SMILES string of the molecule is C/C=C(\C=C(/CC)OC)c1cnc(Nc2ccc(O)cc2)s1. The Labute approximate surface area is 134 Å². The third-order valence-corrected chi connectivity index (χ3v) is 4.11. The maximum atomic E-state index is 9.30. The van der Waals surface area contributed by atoms with Crippen LogP contribution >= 0.6 is 11.3 Å². The van der Waals surface area contributed by atoms with Crippen LogP contribution in [0.1, 0.15) is 25.1 Å². The van der Waals surface area contributed by atoms with Gasteiger partial charge >= 0.3 is 0 Å². The monoisotopic (exact) mass is 316 g/mol. The summed E-state index contributed by atoms with van der Waals surface area (Å²) in [6.45, 7) is 4.06. The molecule has 1 heterocycles. The van der Waals surface area contributed by atoms with Crippen molar-refractivity contribution >= 4 is 27.7 Å². The molecule has 0 aliphatic heterocycles. The lowest BCUT2D eigenvalue weighted by Crippen LogP contribution is -1.87. The summed E-state index contributed by atoms with van der Waals surface area (Å²) in [7, 11) is 1.69. The average Bonchev–Trinajstić information content (AvgIpc) is 2.99. The first-order valence-electron chi connectivity index (χ1n) is 7.09. The fraction of sp³-hybridized carbons (Fsp3) is 0.235. The summed E-state index contributed by atoms with van der Waals surface area (Å²) >= 11 is 1.57. The van der Waals surface area contributed by atoms with E-state index < -0.39 is 0 Å². The lowest BCUT2D eigenvalue weighted by Gasteiger charge is -2.04. The van der Waals surface area contributed by atoms with E-state index in [-0.39, 0.29) is 5.75 Å². The number of rotatable bonds is 6. The molecule has 0 aliphatic carbocycles. The van der Waals surface area contributed by atoms with Crippen LogP contribution in [0.2, 0.25) is 0 Å². The summed E-state index contributed by atoms with van der Waals surface area (Å²) in [5.41, 5.74) is 1.98. The van der Waals surface area contributed by atoms with E-state index in [1.165, 1.54) is 0 Å². The summed E-state index contributed by atoms with van der Waals surface area (Å²) in [5, 5.41) is 13.3. The van der Waals surface area contributed by atoms with E-state index >= 15 is 0 Å². The minimum atomic E-state index is 0.248. The second-order valence-electron chi connectivity index (χ2n) is 4.61. The summed E-state index contributed by atoms with van der Waals surface area (Å²) in [6.07, 6.45) is 6.79. The molecule has 0 saturated carbocycles. The van der Waals surface area contributed by atoms with Gasteiger partial charge in [-0.25, -0.2) is 4.98 Å². The molecule has 2 N–H and O–H groups in total. The zero-order chi connectivity index (χ0) is 15.9. The van der Waals surface area contributed by atoms with Crippen LogP contribution in [0.5, 0.6) is 5.75 Å². The van der Waals surface area contributed by atoms with Crippen LogP contribution in [0.15, 0.2) is 48.4 Å². The molecule has 0 fully saturated rings. The molecule has 2 rings (SSSR count). The van der Waals surface area contributed by atoms with E-state index in [4.69, 9.17) is 4.74 Å². The molecular formula is C17H20N2O2S. The zero-order valence-electron chi connectivity index (χ0n) is 13.0. The summed E-state index contributed by atoms with van der Waals surface area (Å²) in [6, 6.07) is 6.91. The van der Waals surface area contributed by atoms with Crippen LogP contribution in [0.4, 0.5) is 10.8 Å². The van der Waals surface area contributed by atoms with E-state index in [2.05, 4.69) is 17.2 Å². The van der Waals surface area contributed by atoms with Crippen molar-refractivity contribution in [3.8, 4) is 5.75 Å². The number of allylic oxidation sites excluding steroid dienone is 4. The normalized spacial score (nSPS) is 12.3. The number of aromatic hydroxyl groups is 1. The van der Waals surface area contributed by atoms with Crippen LogP contribution < -0.4 is 5.32 Å². The second kappa shape index (κ2) is 7.66. The Bertz CT molecular complexity index is 666. The number of thiazole rings is 1. The lowest BCUT2D eigenvalue weighted by atomic mass is 10.2. The summed E-state index contributed by atoms with van der Waals surface area (Å²) in [4.78, 5) is 5.47. The van der Waals surface area contributed by atoms with Gasteiger partial charge < -0.3 is 15.2 Å². The number of nitrogens with zero attached hydrogens (tertiary/aromatic N) is 1. The fourth-order valence-corrected chi connectivity index (χ4v) is 2.79. The summed E-state index contributed by atoms with van der Waals surface area (Å²) in [5.74, 6) is 1.19. The number of benzene rings is 1. The van der Waals surface area contributed by atoms with Crippen molar-refractivity contribution in [2.24, 2.45) is 0 Å². The van der Waals surface area contributed by atoms with Crippen LogP contribution in [-0.4, -0.2) is 17.2 Å². The molecule has 4 nitrogen and oxygen atoms in total. The van der Waals surface area contributed by atoms with Gasteiger partial charge in [0.2, 0.25) is 0 Å². The maximum Gasteiger partial charge on any atom is 0.187 e. The number of hydrogen-bond acceptors (Lipinski definition) is 5. The largest absolute Gasteiger partial charge is 0.508 e. The standard InChI is InChI=1S/C17H20N2O2S/c1-4-12(10-15(5-2)21-3)16-11-18-17(22-16)19-13-6-8-14(20)9-7-13/h4,6-11,20H,5H2,1-3H3,(H,18,19)/b12-4+,15-10+. The Hall–Kier alpha value is -2.27. The number of nitrogens with one attached hydrogen (secondary N) is 1. The van der Waals surface area contributed by atoms with Gasteiger partial charge in [-0.05, 0) is 42.8 Å². The first kappa shape index (κ1) is 16.1. The van der Waals surface area contributed by atoms with Crippen molar-refractivity contribution in [1.29, 1.82) is 0 Å². The molecular weight excluding hydrogens is 296 g/mol. The smallest absolute Gasteiger partial charge is 0.187 e. The average molecular weight is 316 g/mol. The van der Waals surface area contributed by atoms with Crippen LogP contribution in [0, 0.1) is 0 Å². The molecule has 0 spiro atoms. The van der Waals surface area contributed by atoms with Crippen molar-refractivity contribution in [2.45, 2.75) is 20.3 Å². The van der Waals surface area contributed by atoms with E-state index in [0.717, 1.165) is 33.4 Å². The van der Waals surface area contributed by atoms with Gasteiger partial charge in [0.05, 0.1) is 17.7 Å². The van der Waals surface area contributed by atoms with Gasteiger partial charge in [0.15, 0.2) is 5.13 Å². The van der Waals surface area contributed by atoms with Crippen molar-refractivity contribution in [3.05, 3.63) is 53.3 Å². The molecule has 0 radical (unpaired) electrons. The first-order valence-corrected chi connectivity index (χ1v) is 7.91. The van der Waals surface area contributed by atoms with Crippen molar-refractivity contribution in [1.82, 2.24) is 4.98 Å². The number of anilines is 2. The van der Waals surface area contributed by atoms with Gasteiger partial charge in [-0.2, -0.15) is 0 Å². The van der Waals surface area contributed by atoms with Crippen molar-refractivity contribution in [2.75, 3.05) is 12.4 Å². The Morgan fingerprint density at radius 2 is 2.09 bits per heavy atom. The number of methoxy groups -OCH3 is 1. The van der Waals surface area contributed by atoms with Gasteiger partial charge in [-0.3, -0.25) is 0 Å². The number of phenolic OH excluding ortho intramolecular Hbond substituents is 1. The van der Waals surface area contributed by atoms with Crippen LogP contribution in [-0.2, 0) is 4.74 Å². The van der Waals surface area contributed by atoms with E-state index in [1.807, 2.05) is 37.4 Å². The van der Waals surface area contributed by atoms with E-state index in [9.17, 15) is 5.11 Å². The maximum absolute atomic E-state index is 9.30. The fourth-order valence-electron chi connectivity index (χ4n) is 1.91. The lowest BCUT2D eigenvalue weighted by molar-refractivity contribution is 0.281. The molecule has 0 amide bonds. The number of ether oxygens (including phenoxy) is 1. The molecule has 5 heteroatoms. The third kappa shape index (κ3) is 4.11. The van der Waals surface area contributed by atoms with Crippen molar-refractivity contribution in [3.63, 3.8) is 0 Å². The van der Waals surface area contributed by atoms with Crippen LogP contribution in [0.25, 0.3) is 5.57 Å². The highest BCUT2D eigenvalue weighted by molar-refractivity contribution is 7.16. The predicted molar refractivity (Wildman–Crippen MR) is 92.5 cm³/mol. The van der Waals surface area contributed by atoms with Gasteiger partial charge in [-0.15, -0.1) is 0 Å². The number of aromatic nitrogens is 1. The zero-order valence-corrected chi connectivity index (χ0v) is 13.8. The van der Waals surface area contributed by atoms with E-state index in [0.29, 0.717) is 0 Å². The predicted octanol–water partition coefficient (Wildman–Crippen LogP) is 4.94. The van der Waals surface area contributed by atoms with Crippen LogP contribution in [0.3, 0.4) is 0 Å². The quantitative estimate of drug-likeness (QED) is 0.450. The number of hydrogen-bond donors (Lipinski definition) is 2. The number of phenols is 1. The first-order chi connectivity index (χ1) is 10.7. The Kier molecular flexibility index (Phi) is 5.61. The van der Waals surface area contributed by atoms with Gasteiger partial charge in [0.25, 0.3) is 0 Å². The molecule has 1 aromatic heterocycles. The van der Waals surface area contributed by atoms with Gasteiger partial charge in [0.1, 0.15) is 5.75 Å². The molecule has 0 saturated heterocycles. The summed E-state index contributed by atoms with van der Waals surface area (Å²) < 4.78 is 5.33.